The molecule has 0 unspecified atom stereocenters. The van der Waals surface area contributed by atoms with Crippen LogP contribution < -0.4 is 18.9 Å². The Hall–Kier alpha value is -1.77. The van der Waals surface area contributed by atoms with E-state index < -0.39 is 10.0 Å². The van der Waals surface area contributed by atoms with E-state index in [4.69, 9.17) is 14.2 Å². The van der Waals surface area contributed by atoms with E-state index in [0.717, 1.165) is 0 Å². The Balaban J connectivity index is 1.92. The number of hydrogen-bond acceptors (Lipinski definition) is 5. The normalized spacial score (nSPS) is 11.1. The van der Waals surface area contributed by atoms with E-state index in [2.05, 4.69) is 20.7 Å². The summed E-state index contributed by atoms with van der Waals surface area (Å²) in [4.78, 5) is 0.150. The summed E-state index contributed by atoms with van der Waals surface area (Å²) in [5.41, 5.74) is 0. The molecule has 0 amide bonds. The average molecular weight is 416 g/mol. The van der Waals surface area contributed by atoms with Crippen molar-refractivity contribution in [3.05, 3.63) is 46.9 Å². The van der Waals surface area contributed by atoms with Crippen molar-refractivity contribution in [1.29, 1.82) is 0 Å². The van der Waals surface area contributed by atoms with Crippen molar-refractivity contribution in [2.75, 3.05) is 27.4 Å². The highest BCUT2D eigenvalue weighted by Gasteiger charge is 2.15. The van der Waals surface area contributed by atoms with Crippen molar-refractivity contribution in [3.63, 3.8) is 0 Å². The van der Waals surface area contributed by atoms with E-state index in [1.165, 1.54) is 19.2 Å². The number of hydrogen-bond donors (Lipinski definition) is 1. The molecule has 0 aliphatic heterocycles. The summed E-state index contributed by atoms with van der Waals surface area (Å²) < 4.78 is 43.2. The first-order chi connectivity index (χ1) is 11.5. The maximum absolute atomic E-state index is 12.2. The molecular weight excluding hydrogens is 398 g/mol. The summed E-state index contributed by atoms with van der Waals surface area (Å²) in [6.07, 6.45) is 0. The van der Waals surface area contributed by atoms with Crippen molar-refractivity contribution in [1.82, 2.24) is 4.72 Å². The smallest absolute Gasteiger partial charge is 0.240 e. The Morgan fingerprint density at radius 3 is 2.46 bits per heavy atom. The maximum Gasteiger partial charge on any atom is 0.240 e. The van der Waals surface area contributed by atoms with Gasteiger partial charge in [-0.1, -0.05) is 6.07 Å². The minimum Gasteiger partial charge on any atom is -0.497 e. The van der Waals surface area contributed by atoms with Gasteiger partial charge in [0.1, 0.15) is 23.9 Å². The van der Waals surface area contributed by atoms with E-state index in [0.29, 0.717) is 21.7 Å². The second-order valence-corrected chi connectivity index (χ2v) is 7.34. The molecule has 24 heavy (non-hydrogen) atoms. The average Bonchev–Trinajstić information content (AvgIpc) is 2.59. The lowest BCUT2D eigenvalue weighted by molar-refractivity contribution is 0.320. The lowest BCUT2D eigenvalue weighted by atomic mass is 10.3. The minimum atomic E-state index is -3.62. The third-order valence-electron chi connectivity index (χ3n) is 3.14. The lowest BCUT2D eigenvalue weighted by Gasteiger charge is -2.10. The van der Waals surface area contributed by atoms with Gasteiger partial charge in [0.2, 0.25) is 10.0 Å². The second kappa shape index (κ2) is 8.36. The van der Waals surface area contributed by atoms with Crippen LogP contribution in [0.5, 0.6) is 17.2 Å². The van der Waals surface area contributed by atoms with Gasteiger partial charge in [-0.3, -0.25) is 0 Å². The summed E-state index contributed by atoms with van der Waals surface area (Å²) in [6.45, 7) is 0.340. The Bertz CT molecular complexity index is 795. The maximum atomic E-state index is 12.2. The second-order valence-electron chi connectivity index (χ2n) is 4.72. The zero-order valence-corrected chi connectivity index (χ0v) is 15.7. The van der Waals surface area contributed by atoms with Crippen LogP contribution in [-0.2, 0) is 10.0 Å². The first-order valence-electron chi connectivity index (χ1n) is 7.06. The zero-order chi connectivity index (χ0) is 17.6. The molecule has 0 bridgehead atoms. The molecule has 0 aliphatic rings. The van der Waals surface area contributed by atoms with Crippen LogP contribution in [0.4, 0.5) is 0 Å². The highest BCUT2D eigenvalue weighted by Crippen LogP contribution is 2.27. The van der Waals surface area contributed by atoms with Crippen LogP contribution in [0.25, 0.3) is 0 Å². The largest absolute Gasteiger partial charge is 0.497 e. The Morgan fingerprint density at radius 1 is 1.04 bits per heavy atom. The number of nitrogens with one attached hydrogen (secondary N) is 1. The van der Waals surface area contributed by atoms with Crippen molar-refractivity contribution >= 4 is 26.0 Å². The van der Waals surface area contributed by atoms with Crippen molar-refractivity contribution in [2.45, 2.75) is 4.90 Å². The van der Waals surface area contributed by atoms with Gasteiger partial charge in [0.25, 0.3) is 0 Å². The van der Waals surface area contributed by atoms with Gasteiger partial charge in [-0.05, 0) is 46.3 Å². The Labute approximate surface area is 149 Å². The van der Waals surface area contributed by atoms with Gasteiger partial charge in [-0.2, -0.15) is 0 Å². The van der Waals surface area contributed by atoms with Crippen LogP contribution in [0, 0.1) is 0 Å². The van der Waals surface area contributed by atoms with E-state index >= 15 is 0 Å². The van der Waals surface area contributed by atoms with E-state index in [1.54, 1.807) is 37.4 Å². The van der Waals surface area contributed by atoms with Crippen molar-refractivity contribution in [3.8, 4) is 17.2 Å². The number of rotatable bonds is 8. The molecule has 0 heterocycles. The molecule has 0 atom stereocenters. The number of benzene rings is 2. The molecule has 2 aromatic carbocycles. The topological polar surface area (TPSA) is 73.9 Å². The molecule has 0 aliphatic carbocycles. The predicted octanol–water partition coefficient (Wildman–Crippen LogP) is 2.82. The SMILES string of the molecule is COc1cccc(OCCNS(=O)(=O)c2ccc(OC)c(Br)c2)c1. The fraction of sp³-hybridized carbons (Fsp3) is 0.250. The summed E-state index contributed by atoms with van der Waals surface area (Å²) >= 11 is 3.27. The molecule has 0 saturated heterocycles. The first-order valence-corrected chi connectivity index (χ1v) is 9.34. The minimum absolute atomic E-state index is 0.142. The van der Waals surface area contributed by atoms with Gasteiger partial charge in [-0.15, -0.1) is 0 Å². The van der Waals surface area contributed by atoms with Gasteiger partial charge < -0.3 is 14.2 Å². The van der Waals surface area contributed by atoms with Gasteiger partial charge in [0, 0.05) is 12.6 Å². The van der Waals surface area contributed by atoms with Crippen LogP contribution in [0.3, 0.4) is 0 Å². The molecule has 8 heteroatoms. The van der Waals surface area contributed by atoms with Gasteiger partial charge in [0.05, 0.1) is 23.6 Å². The fourth-order valence-corrected chi connectivity index (χ4v) is 3.66. The van der Waals surface area contributed by atoms with Crippen molar-refractivity contribution in [2.24, 2.45) is 0 Å². The summed E-state index contributed by atoms with van der Waals surface area (Å²) in [6, 6.07) is 11.7. The number of halogens is 1. The van der Waals surface area contributed by atoms with Crippen LogP contribution in [0.1, 0.15) is 0 Å². The van der Waals surface area contributed by atoms with E-state index in [1.807, 2.05) is 0 Å². The third-order valence-corrected chi connectivity index (χ3v) is 5.22. The fourth-order valence-electron chi connectivity index (χ4n) is 1.93. The highest BCUT2D eigenvalue weighted by molar-refractivity contribution is 9.10. The quantitative estimate of drug-likeness (QED) is 0.670. The number of sulfonamides is 1. The molecule has 0 fully saturated rings. The van der Waals surface area contributed by atoms with Crippen LogP contribution in [0.15, 0.2) is 51.8 Å². The van der Waals surface area contributed by atoms with Crippen LogP contribution >= 0.6 is 15.9 Å². The third kappa shape index (κ3) is 4.86. The first kappa shape index (κ1) is 18.6. The van der Waals surface area contributed by atoms with Gasteiger partial charge >= 0.3 is 0 Å². The molecule has 0 aromatic heterocycles. The van der Waals surface area contributed by atoms with Crippen LogP contribution in [-0.4, -0.2) is 35.8 Å². The van der Waals surface area contributed by atoms with Crippen molar-refractivity contribution < 1.29 is 22.6 Å². The summed E-state index contributed by atoms with van der Waals surface area (Å²) in [5.74, 6) is 1.85. The molecule has 0 spiro atoms. The molecule has 130 valence electrons. The molecule has 0 radical (unpaired) electrons. The number of ether oxygens (including phenoxy) is 3. The Morgan fingerprint density at radius 2 is 1.79 bits per heavy atom. The molecule has 6 nitrogen and oxygen atoms in total. The lowest BCUT2D eigenvalue weighted by Crippen LogP contribution is -2.28. The Kier molecular flexibility index (Phi) is 6.47. The highest BCUT2D eigenvalue weighted by atomic mass is 79.9. The molecule has 1 N–H and O–H groups in total. The standard InChI is InChI=1S/C16H18BrNO5S/c1-21-12-4-3-5-13(10-12)23-9-8-18-24(19,20)14-6-7-16(22-2)15(17)11-14/h3-7,10-11,18H,8-9H2,1-2H3. The predicted molar refractivity (Wildman–Crippen MR) is 94.4 cm³/mol. The van der Waals surface area contributed by atoms with E-state index in [9.17, 15) is 8.42 Å². The van der Waals surface area contributed by atoms with E-state index in [-0.39, 0.29) is 18.0 Å². The summed E-state index contributed by atoms with van der Waals surface area (Å²) in [5, 5.41) is 0. The van der Waals surface area contributed by atoms with Gasteiger partial charge in [-0.25, -0.2) is 13.1 Å². The molecule has 2 rings (SSSR count). The molecule has 0 saturated carbocycles. The van der Waals surface area contributed by atoms with Crippen LogP contribution in [0.2, 0.25) is 0 Å². The molecule has 2 aromatic rings. The monoisotopic (exact) mass is 415 g/mol. The summed E-state index contributed by atoms with van der Waals surface area (Å²) in [7, 11) is -0.529. The zero-order valence-electron chi connectivity index (χ0n) is 13.3. The number of methoxy groups -OCH3 is 2. The molecular formula is C16H18BrNO5S. The van der Waals surface area contributed by atoms with Gasteiger partial charge in [0.15, 0.2) is 0 Å².